The van der Waals surface area contributed by atoms with Crippen LogP contribution in [0.15, 0.2) is 30.3 Å². The summed E-state index contributed by atoms with van der Waals surface area (Å²) in [6, 6.07) is 9.68. The van der Waals surface area contributed by atoms with Crippen molar-refractivity contribution in [1.82, 2.24) is 0 Å². The van der Waals surface area contributed by atoms with E-state index in [1.54, 1.807) is 0 Å². The first-order valence-corrected chi connectivity index (χ1v) is 8.18. The van der Waals surface area contributed by atoms with Crippen molar-refractivity contribution in [1.29, 1.82) is 0 Å². The molecule has 0 heterocycles. The molecule has 0 saturated heterocycles. The number of anilines is 1. The maximum absolute atomic E-state index is 11.7. The molecule has 0 fully saturated rings. The Kier molecular flexibility index (Phi) is 9.64. The van der Waals surface area contributed by atoms with Crippen LogP contribution in [0.25, 0.3) is 0 Å². The molecule has 0 radical (unpaired) electrons. The van der Waals surface area contributed by atoms with E-state index in [0.29, 0.717) is 6.42 Å². The molecule has 0 spiro atoms. The van der Waals surface area contributed by atoms with Crippen molar-refractivity contribution in [3.05, 3.63) is 30.3 Å². The molecule has 0 aromatic heterocycles. The number of carbonyl (C=O) groups is 1. The molecule has 1 N–H and O–H groups in total. The van der Waals surface area contributed by atoms with Gasteiger partial charge in [0.25, 0.3) is 0 Å². The number of rotatable bonds is 11. The van der Waals surface area contributed by atoms with Crippen LogP contribution in [0.3, 0.4) is 0 Å². The SMILES string of the molecule is CCCCCCCCCCCC(=O)Nc1ccccc1. The second kappa shape index (κ2) is 11.5. The van der Waals surface area contributed by atoms with Gasteiger partial charge in [-0.25, -0.2) is 0 Å². The minimum Gasteiger partial charge on any atom is -0.326 e. The fourth-order valence-corrected chi connectivity index (χ4v) is 2.34. The lowest BCUT2D eigenvalue weighted by Gasteiger charge is -2.05. The van der Waals surface area contributed by atoms with Gasteiger partial charge in [0.05, 0.1) is 0 Å². The summed E-state index contributed by atoms with van der Waals surface area (Å²) in [5.74, 6) is 0.138. The second-order valence-corrected chi connectivity index (χ2v) is 5.49. The van der Waals surface area contributed by atoms with Crippen LogP contribution < -0.4 is 5.32 Å². The molecular formula is C18H29NO. The van der Waals surface area contributed by atoms with Crippen molar-refractivity contribution in [2.24, 2.45) is 0 Å². The lowest BCUT2D eigenvalue weighted by molar-refractivity contribution is -0.116. The van der Waals surface area contributed by atoms with Crippen LogP contribution in [-0.2, 0) is 4.79 Å². The third kappa shape index (κ3) is 8.73. The normalized spacial score (nSPS) is 10.4. The van der Waals surface area contributed by atoms with Gasteiger partial charge in [0.2, 0.25) is 5.91 Å². The van der Waals surface area contributed by atoms with Crippen molar-refractivity contribution < 1.29 is 4.79 Å². The van der Waals surface area contributed by atoms with Crippen LogP contribution in [0.5, 0.6) is 0 Å². The smallest absolute Gasteiger partial charge is 0.224 e. The molecule has 112 valence electrons. The Morgan fingerprint density at radius 1 is 0.850 bits per heavy atom. The number of amides is 1. The van der Waals surface area contributed by atoms with Crippen LogP contribution in [0.4, 0.5) is 5.69 Å². The van der Waals surface area contributed by atoms with Gasteiger partial charge >= 0.3 is 0 Å². The van der Waals surface area contributed by atoms with Crippen LogP contribution in [-0.4, -0.2) is 5.91 Å². The highest BCUT2D eigenvalue weighted by molar-refractivity contribution is 5.90. The number of para-hydroxylation sites is 1. The molecule has 0 aliphatic rings. The topological polar surface area (TPSA) is 29.1 Å². The molecule has 0 saturated carbocycles. The molecule has 1 aromatic carbocycles. The van der Waals surface area contributed by atoms with Crippen molar-refractivity contribution in [3.63, 3.8) is 0 Å². The number of hydrogen-bond acceptors (Lipinski definition) is 1. The Bertz CT molecular complexity index is 348. The molecule has 2 heteroatoms. The summed E-state index contributed by atoms with van der Waals surface area (Å²) in [6.45, 7) is 2.25. The maximum Gasteiger partial charge on any atom is 0.224 e. The zero-order chi connectivity index (χ0) is 14.5. The van der Waals surface area contributed by atoms with Gasteiger partial charge < -0.3 is 5.32 Å². The first kappa shape index (κ1) is 16.7. The van der Waals surface area contributed by atoms with E-state index in [1.807, 2.05) is 30.3 Å². The Morgan fingerprint density at radius 3 is 2.00 bits per heavy atom. The van der Waals surface area contributed by atoms with Gasteiger partial charge in [-0.2, -0.15) is 0 Å². The van der Waals surface area contributed by atoms with Gasteiger partial charge in [-0.15, -0.1) is 0 Å². The zero-order valence-electron chi connectivity index (χ0n) is 12.9. The fourth-order valence-electron chi connectivity index (χ4n) is 2.34. The third-order valence-electron chi connectivity index (χ3n) is 3.56. The monoisotopic (exact) mass is 275 g/mol. The highest BCUT2D eigenvalue weighted by Crippen LogP contribution is 2.11. The highest BCUT2D eigenvalue weighted by Gasteiger charge is 2.01. The van der Waals surface area contributed by atoms with Crippen LogP contribution in [0, 0.1) is 0 Å². The average molecular weight is 275 g/mol. The minimum absolute atomic E-state index is 0.138. The quantitative estimate of drug-likeness (QED) is 0.527. The first-order valence-electron chi connectivity index (χ1n) is 8.18. The summed E-state index contributed by atoms with van der Waals surface area (Å²) < 4.78 is 0. The Hall–Kier alpha value is -1.31. The predicted molar refractivity (Wildman–Crippen MR) is 86.9 cm³/mol. The summed E-state index contributed by atoms with van der Waals surface area (Å²) in [4.78, 5) is 11.7. The highest BCUT2D eigenvalue weighted by atomic mass is 16.1. The molecule has 0 aliphatic carbocycles. The lowest BCUT2D eigenvalue weighted by Crippen LogP contribution is -2.10. The first-order chi connectivity index (χ1) is 9.83. The van der Waals surface area contributed by atoms with E-state index in [2.05, 4.69) is 12.2 Å². The average Bonchev–Trinajstić information content (AvgIpc) is 2.46. The van der Waals surface area contributed by atoms with Crippen LogP contribution >= 0.6 is 0 Å². The summed E-state index contributed by atoms with van der Waals surface area (Å²) in [5, 5.41) is 2.93. The van der Waals surface area contributed by atoms with E-state index in [1.165, 1.54) is 51.4 Å². The van der Waals surface area contributed by atoms with Gasteiger partial charge in [-0.1, -0.05) is 76.5 Å². The molecular weight excluding hydrogens is 246 g/mol. The van der Waals surface area contributed by atoms with E-state index in [-0.39, 0.29) is 5.91 Å². The number of carbonyl (C=O) groups excluding carboxylic acids is 1. The largest absolute Gasteiger partial charge is 0.326 e. The van der Waals surface area contributed by atoms with Crippen molar-refractivity contribution >= 4 is 11.6 Å². The summed E-state index contributed by atoms with van der Waals surface area (Å²) >= 11 is 0. The van der Waals surface area contributed by atoms with E-state index < -0.39 is 0 Å². The van der Waals surface area contributed by atoms with Crippen molar-refractivity contribution in [2.45, 2.75) is 71.1 Å². The predicted octanol–water partition coefficient (Wildman–Crippen LogP) is 5.55. The van der Waals surface area contributed by atoms with Crippen molar-refractivity contribution in [2.75, 3.05) is 5.32 Å². The lowest BCUT2D eigenvalue weighted by atomic mass is 10.1. The molecule has 0 aliphatic heterocycles. The van der Waals surface area contributed by atoms with E-state index in [4.69, 9.17) is 0 Å². The third-order valence-corrected chi connectivity index (χ3v) is 3.56. The van der Waals surface area contributed by atoms with Crippen LogP contribution in [0.2, 0.25) is 0 Å². The summed E-state index contributed by atoms with van der Waals surface area (Å²) in [7, 11) is 0. The minimum atomic E-state index is 0.138. The molecule has 1 aromatic rings. The number of benzene rings is 1. The van der Waals surface area contributed by atoms with Gasteiger partial charge in [0.15, 0.2) is 0 Å². The Labute approximate surface area is 124 Å². The molecule has 0 unspecified atom stereocenters. The fraction of sp³-hybridized carbons (Fsp3) is 0.611. The molecule has 0 bridgehead atoms. The standard InChI is InChI=1S/C18H29NO/c1-2-3-4-5-6-7-8-9-13-16-18(20)19-17-14-11-10-12-15-17/h10-12,14-15H,2-9,13,16H2,1H3,(H,19,20). The number of hydrogen-bond donors (Lipinski definition) is 1. The molecule has 1 rings (SSSR count). The Morgan fingerprint density at radius 2 is 1.40 bits per heavy atom. The van der Waals surface area contributed by atoms with E-state index >= 15 is 0 Å². The van der Waals surface area contributed by atoms with Gasteiger partial charge in [-0.3, -0.25) is 4.79 Å². The van der Waals surface area contributed by atoms with E-state index in [9.17, 15) is 4.79 Å². The molecule has 2 nitrogen and oxygen atoms in total. The molecule has 20 heavy (non-hydrogen) atoms. The molecule has 1 amide bonds. The summed E-state index contributed by atoms with van der Waals surface area (Å²) in [6.07, 6.45) is 12.2. The molecule has 0 atom stereocenters. The van der Waals surface area contributed by atoms with Gasteiger partial charge in [0.1, 0.15) is 0 Å². The summed E-state index contributed by atoms with van der Waals surface area (Å²) in [5.41, 5.74) is 0.897. The van der Waals surface area contributed by atoms with E-state index in [0.717, 1.165) is 12.1 Å². The van der Waals surface area contributed by atoms with Gasteiger partial charge in [-0.05, 0) is 18.6 Å². The number of unbranched alkanes of at least 4 members (excludes halogenated alkanes) is 8. The second-order valence-electron chi connectivity index (χ2n) is 5.49. The van der Waals surface area contributed by atoms with Gasteiger partial charge in [0, 0.05) is 12.1 Å². The maximum atomic E-state index is 11.7. The number of nitrogens with one attached hydrogen (secondary N) is 1. The van der Waals surface area contributed by atoms with Crippen molar-refractivity contribution in [3.8, 4) is 0 Å². The zero-order valence-corrected chi connectivity index (χ0v) is 12.9. The van der Waals surface area contributed by atoms with Crippen LogP contribution in [0.1, 0.15) is 71.1 Å². The Balaban J connectivity index is 1.92.